The van der Waals surface area contributed by atoms with Crippen molar-refractivity contribution in [1.29, 1.82) is 0 Å². The van der Waals surface area contributed by atoms with E-state index in [1.807, 2.05) is 0 Å². The lowest BCUT2D eigenvalue weighted by molar-refractivity contribution is -0.387. The van der Waals surface area contributed by atoms with Crippen molar-refractivity contribution in [1.82, 2.24) is 0 Å². The maximum atomic E-state index is 13.5. The summed E-state index contributed by atoms with van der Waals surface area (Å²) in [5.74, 6) is -0.229. The van der Waals surface area contributed by atoms with Gasteiger partial charge in [-0.05, 0) is 23.8 Å². The largest absolute Gasteiger partial charge is 0.497 e. The minimum atomic E-state index is -0.865. The molecule has 0 amide bonds. The van der Waals surface area contributed by atoms with Gasteiger partial charge in [0.15, 0.2) is 0 Å². The van der Waals surface area contributed by atoms with Crippen molar-refractivity contribution in [2.75, 3.05) is 12.4 Å². The number of hydrogen-bond donors (Lipinski definition) is 1. The summed E-state index contributed by atoms with van der Waals surface area (Å²) in [5, 5.41) is 14.1. The molecule has 2 aromatic rings. The highest BCUT2D eigenvalue weighted by molar-refractivity contribution is 6.33. The fourth-order valence-corrected chi connectivity index (χ4v) is 1.96. The number of nitro benzene ring substituents is 1. The van der Waals surface area contributed by atoms with Crippen LogP contribution < -0.4 is 10.1 Å². The van der Waals surface area contributed by atoms with Crippen LogP contribution in [0.15, 0.2) is 36.4 Å². The molecule has 0 saturated heterocycles. The van der Waals surface area contributed by atoms with Gasteiger partial charge in [-0.15, -0.1) is 0 Å². The number of ether oxygens (including phenoxy) is 1. The number of hydrogen-bond acceptors (Lipinski definition) is 4. The zero-order valence-corrected chi connectivity index (χ0v) is 11.9. The molecule has 0 aromatic heterocycles. The molecule has 1 N–H and O–H groups in total. The number of methoxy groups -OCH3 is 1. The molecular formula is C14H12ClFN2O3. The fourth-order valence-electron chi connectivity index (χ4n) is 1.77. The lowest BCUT2D eigenvalue weighted by atomic mass is 10.2. The minimum absolute atomic E-state index is 0.280. The topological polar surface area (TPSA) is 64.4 Å². The van der Waals surface area contributed by atoms with Gasteiger partial charge in [0, 0.05) is 18.7 Å². The smallest absolute Gasteiger partial charge is 0.304 e. The Kier molecular flexibility index (Phi) is 4.59. The third kappa shape index (κ3) is 3.61. The van der Waals surface area contributed by atoms with Crippen molar-refractivity contribution in [2.24, 2.45) is 0 Å². The Morgan fingerprint density at radius 3 is 2.71 bits per heavy atom. The van der Waals surface area contributed by atoms with Gasteiger partial charge in [0.2, 0.25) is 5.82 Å². The Bertz CT molecular complexity index is 679. The van der Waals surface area contributed by atoms with E-state index in [0.717, 1.165) is 12.1 Å². The first kappa shape index (κ1) is 15.1. The molecule has 7 heteroatoms. The quantitative estimate of drug-likeness (QED) is 0.669. The SMILES string of the molecule is COc1ccc(Cl)c(NCc2ccc([N+](=O)[O-])c(F)c2)c1. The molecular weight excluding hydrogens is 299 g/mol. The average Bonchev–Trinajstić information content (AvgIpc) is 2.46. The van der Waals surface area contributed by atoms with E-state index in [2.05, 4.69) is 5.32 Å². The first-order chi connectivity index (χ1) is 10.0. The van der Waals surface area contributed by atoms with Crippen LogP contribution in [-0.4, -0.2) is 12.0 Å². The van der Waals surface area contributed by atoms with Gasteiger partial charge in [0.05, 0.1) is 22.7 Å². The Morgan fingerprint density at radius 2 is 2.10 bits per heavy atom. The second-order valence-electron chi connectivity index (χ2n) is 4.24. The van der Waals surface area contributed by atoms with E-state index in [-0.39, 0.29) is 6.54 Å². The molecule has 2 aromatic carbocycles. The third-order valence-electron chi connectivity index (χ3n) is 2.87. The summed E-state index contributed by atoms with van der Waals surface area (Å²) >= 11 is 6.04. The summed E-state index contributed by atoms with van der Waals surface area (Å²) in [6, 6.07) is 8.86. The van der Waals surface area contributed by atoms with Gasteiger partial charge < -0.3 is 10.1 Å². The zero-order valence-electron chi connectivity index (χ0n) is 11.1. The van der Waals surface area contributed by atoms with Crippen molar-refractivity contribution in [2.45, 2.75) is 6.54 Å². The average molecular weight is 311 g/mol. The Balaban J connectivity index is 2.13. The number of nitrogens with one attached hydrogen (secondary N) is 1. The van der Waals surface area contributed by atoms with Crippen LogP contribution in [0.4, 0.5) is 15.8 Å². The number of nitro groups is 1. The highest BCUT2D eigenvalue weighted by Gasteiger charge is 2.13. The maximum Gasteiger partial charge on any atom is 0.304 e. The molecule has 0 atom stereocenters. The number of nitrogens with zero attached hydrogens (tertiary/aromatic N) is 1. The van der Waals surface area contributed by atoms with E-state index in [4.69, 9.17) is 16.3 Å². The third-order valence-corrected chi connectivity index (χ3v) is 3.19. The maximum absolute atomic E-state index is 13.5. The van der Waals surface area contributed by atoms with Crippen LogP contribution in [0.25, 0.3) is 0 Å². The van der Waals surface area contributed by atoms with Crippen LogP contribution >= 0.6 is 11.6 Å². The molecule has 21 heavy (non-hydrogen) atoms. The lowest BCUT2D eigenvalue weighted by Crippen LogP contribution is -2.02. The van der Waals surface area contributed by atoms with Crippen molar-refractivity contribution in [3.8, 4) is 5.75 Å². The molecule has 2 rings (SSSR count). The van der Waals surface area contributed by atoms with Crippen molar-refractivity contribution in [3.05, 3.63) is 62.9 Å². The van der Waals surface area contributed by atoms with E-state index in [1.54, 1.807) is 25.3 Å². The van der Waals surface area contributed by atoms with Crippen LogP contribution in [0.5, 0.6) is 5.75 Å². The van der Waals surface area contributed by atoms with Gasteiger partial charge in [-0.25, -0.2) is 0 Å². The number of rotatable bonds is 5. The number of benzene rings is 2. The van der Waals surface area contributed by atoms with E-state index < -0.39 is 16.4 Å². The fraction of sp³-hybridized carbons (Fsp3) is 0.143. The summed E-state index contributed by atoms with van der Waals surface area (Å²) in [6.07, 6.45) is 0. The van der Waals surface area contributed by atoms with Crippen LogP contribution in [0.2, 0.25) is 5.02 Å². The molecule has 0 saturated carbocycles. The van der Waals surface area contributed by atoms with Gasteiger partial charge in [-0.3, -0.25) is 10.1 Å². The van der Waals surface area contributed by atoms with E-state index in [0.29, 0.717) is 22.0 Å². The summed E-state index contributed by atoms with van der Waals surface area (Å²) in [5.41, 5.74) is 0.657. The molecule has 0 unspecified atom stereocenters. The van der Waals surface area contributed by atoms with Crippen LogP contribution in [0, 0.1) is 15.9 Å². The van der Waals surface area contributed by atoms with E-state index in [9.17, 15) is 14.5 Å². The Labute approximate surface area is 125 Å². The first-order valence-electron chi connectivity index (χ1n) is 6.01. The number of anilines is 1. The second kappa shape index (κ2) is 6.41. The molecule has 0 fully saturated rings. The molecule has 0 spiro atoms. The van der Waals surface area contributed by atoms with Crippen molar-refractivity contribution < 1.29 is 14.1 Å². The molecule has 0 heterocycles. The van der Waals surface area contributed by atoms with Crippen molar-refractivity contribution >= 4 is 23.0 Å². The number of halogens is 2. The molecule has 0 bridgehead atoms. The first-order valence-corrected chi connectivity index (χ1v) is 6.39. The summed E-state index contributed by atoms with van der Waals surface area (Å²) in [4.78, 5) is 9.79. The predicted molar refractivity (Wildman–Crippen MR) is 78.4 cm³/mol. The van der Waals surface area contributed by atoms with E-state index >= 15 is 0 Å². The zero-order chi connectivity index (χ0) is 15.4. The monoisotopic (exact) mass is 310 g/mol. The Morgan fingerprint density at radius 1 is 1.33 bits per heavy atom. The molecule has 110 valence electrons. The van der Waals surface area contributed by atoms with Crippen LogP contribution in [-0.2, 0) is 6.54 Å². The standard InChI is InChI=1S/C14H12ClFN2O3/c1-21-10-3-4-11(15)13(7-10)17-8-9-2-5-14(18(19)20)12(16)6-9/h2-7,17H,8H2,1H3. The summed E-state index contributed by atoms with van der Waals surface area (Å²) in [6.45, 7) is 0.280. The van der Waals surface area contributed by atoms with Gasteiger partial charge in [0.25, 0.3) is 0 Å². The molecule has 0 aliphatic heterocycles. The van der Waals surface area contributed by atoms with Crippen molar-refractivity contribution in [3.63, 3.8) is 0 Å². The van der Waals surface area contributed by atoms with Gasteiger partial charge in [0.1, 0.15) is 5.75 Å². The van der Waals surface area contributed by atoms with Crippen LogP contribution in [0.1, 0.15) is 5.56 Å². The molecule has 0 radical (unpaired) electrons. The Hall–Kier alpha value is -2.34. The predicted octanol–water partition coefficient (Wildman–Crippen LogP) is 4.01. The molecule has 0 aliphatic rings. The van der Waals surface area contributed by atoms with E-state index in [1.165, 1.54) is 6.07 Å². The van der Waals surface area contributed by atoms with Gasteiger partial charge in [-0.2, -0.15) is 4.39 Å². The normalized spacial score (nSPS) is 10.2. The van der Waals surface area contributed by atoms with Gasteiger partial charge >= 0.3 is 5.69 Å². The highest BCUT2D eigenvalue weighted by Crippen LogP contribution is 2.27. The van der Waals surface area contributed by atoms with Gasteiger partial charge in [-0.1, -0.05) is 17.7 Å². The summed E-state index contributed by atoms with van der Waals surface area (Å²) in [7, 11) is 1.54. The second-order valence-corrected chi connectivity index (χ2v) is 4.65. The lowest BCUT2D eigenvalue weighted by Gasteiger charge is -2.10. The molecule has 5 nitrogen and oxygen atoms in total. The summed E-state index contributed by atoms with van der Waals surface area (Å²) < 4.78 is 18.6. The highest BCUT2D eigenvalue weighted by atomic mass is 35.5. The minimum Gasteiger partial charge on any atom is -0.497 e. The molecule has 0 aliphatic carbocycles. The van der Waals surface area contributed by atoms with Crippen LogP contribution in [0.3, 0.4) is 0 Å².